The molecule has 2 fully saturated rings. The summed E-state index contributed by atoms with van der Waals surface area (Å²) in [5, 5.41) is 9.41. The molecule has 104 valence electrons. The highest BCUT2D eigenvalue weighted by atomic mass is 16.5. The first kappa shape index (κ1) is 13.8. The highest BCUT2D eigenvalue weighted by Gasteiger charge is 2.25. The van der Waals surface area contributed by atoms with E-state index in [1.54, 1.807) is 0 Å². The molecule has 1 heterocycles. The van der Waals surface area contributed by atoms with Gasteiger partial charge in [0.25, 0.3) is 0 Å². The molecule has 4 heteroatoms. The Balaban J connectivity index is 1.70. The molecule has 2 atom stereocenters. The van der Waals surface area contributed by atoms with Crippen molar-refractivity contribution in [2.75, 3.05) is 19.7 Å². The Bertz CT molecular complexity index is 274. The third kappa shape index (κ3) is 3.69. The van der Waals surface area contributed by atoms with Gasteiger partial charge in [0.05, 0.1) is 12.2 Å². The standard InChI is InChI=1S/C14H25NO3/c1-11-4-2-3-5-13(11)18-10-14(17)15-8-6-12(16)7-9-15/h11-13,16H,2-10H2,1H3. The first-order chi connectivity index (χ1) is 8.66. The molecular formula is C14H25NO3. The van der Waals surface area contributed by atoms with E-state index in [0.717, 1.165) is 6.42 Å². The zero-order valence-electron chi connectivity index (χ0n) is 11.3. The van der Waals surface area contributed by atoms with Crippen LogP contribution in [0.2, 0.25) is 0 Å². The van der Waals surface area contributed by atoms with E-state index in [9.17, 15) is 9.90 Å². The van der Waals surface area contributed by atoms with Gasteiger partial charge in [-0.2, -0.15) is 0 Å². The van der Waals surface area contributed by atoms with Crippen molar-refractivity contribution in [3.63, 3.8) is 0 Å². The number of aliphatic hydroxyl groups excluding tert-OH is 1. The summed E-state index contributed by atoms with van der Waals surface area (Å²) in [7, 11) is 0. The number of amides is 1. The number of nitrogens with zero attached hydrogens (tertiary/aromatic N) is 1. The van der Waals surface area contributed by atoms with E-state index in [1.807, 2.05) is 4.90 Å². The van der Waals surface area contributed by atoms with Crippen molar-refractivity contribution in [1.82, 2.24) is 4.90 Å². The van der Waals surface area contributed by atoms with E-state index >= 15 is 0 Å². The lowest BCUT2D eigenvalue weighted by atomic mass is 9.88. The van der Waals surface area contributed by atoms with Crippen molar-refractivity contribution in [3.8, 4) is 0 Å². The Kier molecular flexibility index (Phi) is 5.01. The summed E-state index contributed by atoms with van der Waals surface area (Å²) < 4.78 is 5.78. The van der Waals surface area contributed by atoms with Crippen LogP contribution in [0.3, 0.4) is 0 Å². The molecule has 4 nitrogen and oxygen atoms in total. The van der Waals surface area contributed by atoms with E-state index in [4.69, 9.17) is 4.74 Å². The smallest absolute Gasteiger partial charge is 0.248 e. The summed E-state index contributed by atoms with van der Waals surface area (Å²) in [6.07, 6.45) is 6.25. The molecule has 0 radical (unpaired) electrons. The van der Waals surface area contributed by atoms with Crippen molar-refractivity contribution in [3.05, 3.63) is 0 Å². The van der Waals surface area contributed by atoms with Crippen LogP contribution in [0.25, 0.3) is 0 Å². The molecule has 1 saturated heterocycles. The lowest BCUT2D eigenvalue weighted by Crippen LogP contribution is -2.42. The number of likely N-dealkylation sites (tertiary alicyclic amines) is 1. The summed E-state index contributed by atoms with van der Waals surface area (Å²) in [6, 6.07) is 0. The minimum atomic E-state index is -0.228. The fourth-order valence-electron chi connectivity index (χ4n) is 2.91. The Morgan fingerprint density at radius 3 is 2.56 bits per heavy atom. The molecule has 0 aromatic rings. The number of carbonyl (C=O) groups is 1. The Morgan fingerprint density at radius 1 is 1.22 bits per heavy atom. The minimum absolute atomic E-state index is 0.0830. The number of piperidine rings is 1. The molecule has 2 rings (SSSR count). The molecule has 2 aliphatic rings. The normalized spacial score (nSPS) is 30.4. The zero-order chi connectivity index (χ0) is 13.0. The van der Waals surface area contributed by atoms with Gasteiger partial charge in [-0.05, 0) is 31.6 Å². The van der Waals surface area contributed by atoms with Gasteiger partial charge in [0.15, 0.2) is 0 Å². The average Bonchev–Trinajstić information content (AvgIpc) is 2.38. The van der Waals surface area contributed by atoms with Gasteiger partial charge in [-0.15, -0.1) is 0 Å². The summed E-state index contributed by atoms with van der Waals surface area (Å²) in [4.78, 5) is 13.8. The molecule has 2 unspecified atom stereocenters. The highest BCUT2D eigenvalue weighted by Crippen LogP contribution is 2.26. The number of hydrogen-bond acceptors (Lipinski definition) is 3. The van der Waals surface area contributed by atoms with E-state index in [0.29, 0.717) is 31.8 Å². The Morgan fingerprint density at radius 2 is 1.89 bits per heavy atom. The Hall–Kier alpha value is -0.610. The monoisotopic (exact) mass is 255 g/mol. The van der Waals surface area contributed by atoms with Gasteiger partial charge < -0.3 is 14.7 Å². The molecular weight excluding hydrogens is 230 g/mol. The predicted molar refractivity (Wildman–Crippen MR) is 69.2 cm³/mol. The number of rotatable bonds is 3. The van der Waals surface area contributed by atoms with Crippen molar-refractivity contribution in [1.29, 1.82) is 0 Å². The summed E-state index contributed by atoms with van der Waals surface area (Å²) >= 11 is 0. The van der Waals surface area contributed by atoms with Crippen LogP contribution in [0.1, 0.15) is 45.4 Å². The first-order valence-corrected chi connectivity index (χ1v) is 7.24. The molecule has 1 amide bonds. The minimum Gasteiger partial charge on any atom is -0.393 e. The summed E-state index contributed by atoms with van der Waals surface area (Å²) in [6.45, 7) is 3.77. The van der Waals surface area contributed by atoms with Crippen LogP contribution in [0.4, 0.5) is 0 Å². The van der Waals surface area contributed by atoms with Crippen LogP contribution in [0, 0.1) is 5.92 Å². The molecule has 0 aromatic heterocycles. The van der Waals surface area contributed by atoms with Gasteiger partial charge in [0.1, 0.15) is 6.61 Å². The van der Waals surface area contributed by atoms with Crippen molar-refractivity contribution in [2.24, 2.45) is 5.92 Å². The van der Waals surface area contributed by atoms with Gasteiger partial charge >= 0.3 is 0 Å². The topological polar surface area (TPSA) is 49.8 Å². The first-order valence-electron chi connectivity index (χ1n) is 7.24. The molecule has 1 aliphatic carbocycles. The quantitative estimate of drug-likeness (QED) is 0.832. The summed E-state index contributed by atoms with van der Waals surface area (Å²) in [5.74, 6) is 0.661. The second-order valence-corrected chi connectivity index (χ2v) is 5.72. The van der Waals surface area contributed by atoms with Crippen LogP contribution in [-0.2, 0) is 9.53 Å². The van der Waals surface area contributed by atoms with E-state index in [2.05, 4.69) is 6.92 Å². The van der Waals surface area contributed by atoms with E-state index < -0.39 is 0 Å². The maximum absolute atomic E-state index is 12.0. The SMILES string of the molecule is CC1CCCCC1OCC(=O)N1CCC(O)CC1. The highest BCUT2D eigenvalue weighted by molar-refractivity contribution is 5.77. The second kappa shape index (κ2) is 6.53. The van der Waals surface area contributed by atoms with Crippen LogP contribution < -0.4 is 0 Å². The van der Waals surface area contributed by atoms with Gasteiger partial charge in [0.2, 0.25) is 5.91 Å². The van der Waals surface area contributed by atoms with Gasteiger partial charge in [-0.3, -0.25) is 4.79 Å². The molecule has 0 aromatic carbocycles. The fourth-order valence-corrected chi connectivity index (χ4v) is 2.91. The molecule has 0 spiro atoms. The van der Waals surface area contributed by atoms with Crippen LogP contribution in [0.5, 0.6) is 0 Å². The molecule has 0 bridgehead atoms. The number of carbonyl (C=O) groups excluding carboxylic acids is 1. The fraction of sp³-hybridized carbons (Fsp3) is 0.929. The molecule has 1 saturated carbocycles. The maximum Gasteiger partial charge on any atom is 0.248 e. The number of ether oxygens (including phenoxy) is 1. The van der Waals surface area contributed by atoms with Gasteiger partial charge in [-0.1, -0.05) is 19.8 Å². The van der Waals surface area contributed by atoms with Crippen molar-refractivity contribution in [2.45, 2.75) is 57.7 Å². The molecule has 18 heavy (non-hydrogen) atoms. The number of hydrogen-bond donors (Lipinski definition) is 1. The van der Waals surface area contributed by atoms with Crippen LogP contribution >= 0.6 is 0 Å². The summed E-state index contributed by atoms with van der Waals surface area (Å²) in [5.41, 5.74) is 0. The lowest BCUT2D eigenvalue weighted by Gasteiger charge is -2.32. The largest absolute Gasteiger partial charge is 0.393 e. The van der Waals surface area contributed by atoms with Gasteiger partial charge in [-0.25, -0.2) is 0 Å². The number of aliphatic hydroxyl groups is 1. The Labute approximate surface area is 109 Å². The second-order valence-electron chi connectivity index (χ2n) is 5.72. The predicted octanol–water partition coefficient (Wildman–Crippen LogP) is 1.57. The van der Waals surface area contributed by atoms with Gasteiger partial charge in [0, 0.05) is 13.1 Å². The van der Waals surface area contributed by atoms with Crippen LogP contribution in [0.15, 0.2) is 0 Å². The van der Waals surface area contributed by atoms with E-state index in [-0.39, 0.29) is 24.7 Å². The zero-order valence-corrected chi connectivity index (χ0v) is 11.3. The van der Waals surface area contributed by atoms with Crippen molar-refractivity contribution < 1.29 is 14.6 Å². The van der Waals surface area contributed by atoms with E-state index in [1.165, 1.54) is 19.3 Å². The van der Waals surface area contributed by atoms with Crippen molar-refractivity contribution >= 4 is 5.91 Å². The molecule has 1 aliphatic heterocycles. The maximum atomic E-state index is 12.0. The average molecular weight is 255 g/mol. The third-order valence-electron chi connectivity index (χ3n) is 4.27. The third-order valence-corrected chi connectivity index (χ3v) is 4.27. The van der Waals surface area contributed by atoms with Crippen LogP contribution in [-0.4, -0.2) is 47.8 Å². The molecule has 1 N–H and O–H groups in total. The lowest BCUT2D eigenvalue weighted by molar-refractivity contribution is -0.142.